The average Bonchev–Trinajstić information content (AvgIpc) is 2.25. The SMILES string of the molecule is CC(C)(CC(N)=O)NCC(=O)Nc1cccc(Cl)c1. The van der Waals surface area contributed by atoms with Gasteiger partial charge in [-0.05, 0) is 32.0 Å². The highest BCUT2D eigenvalue weighted by Crippen LogP contribution is 2.14. The monoisotopic (exact) mass is 283 g/mol. The number of hydrogen-bond donors (Lipinski definition) is 3. The van der Waals surface area contributed by atoms with Gasteiger partial charge in [-0.2, -0.15) is 0 Å². The van der Waals surface area contributed by atoms with Gasteiger partial charge in [0.25, 0.3) is 0 Å². The van der Waals surface area contributed by atoms with E-state index in [4.69, 9.17) is 17.3 Å². The number of carbonyl (C=O) groups is 2. The molecular weight excluding hydrogens is 266 g/mol. The summed E-state index contributed by atoms with van der Waals surface area (Å²) in [5.41, 5.74) is 5.25. The lowest BCUT2D eigenvalue weighted by Crippen LogP contribution is -2.46. The van der Waals surface area contributed by atoms with Crippen molar-refractivity contribution < 1.29 is 9.59 Å². The Balaban J connectivity index is 2.46. The summed E-state index contributed by atoms with van der Waals surface area (Å²) in [5, 5.41) is 6.24. The molecule has 0 radical (unpaired) electrons. The lowest BCUT2D eigenvalue weighted by atomic mass is 10.0. The molecule has 0 saturated carbocycles. The van der Waals surface area contributed by atoms with Gasteiger partial charge in [-0.15, -0.1) is 0 Å². The van der Waals surface area contributed by atoms with E-state index in [0.29, 0.717) is 10.7 Å². The number of halogens is 1. The molecule has 19 heavy (non-hydrogen) atoms. The highest BCUT2D eigenvalue weighted by Gasteiger charge is 2.20. The molecule has 0 fully saturated rings. The summed E-state index contributed by atoms with van der Waals surface area (Å²) >= 11 is 5.82. The van der Waals surface area contributed by atoms with Crippen LogP contribution in [0.15, 0.2) is 24.3 Å². The van der Waals surface area contributed by atoms with Crippen LogP contribution in [0.3, 0.4) is 0 Å². The molecule has 4 N–H and O–H groups in total. The zero-order valence-corrected chi connectivity index (χ0v) is 11.8. The minimum absolute atomic E-state index is 0.0901. The maximum atomic E-state index is 11.7. The number of rotatable bonds is 6. The number of hydrogen-bond acceptors (Lipinski definition) is 3. The van der Waals surface area contributed by atoms with Crippen molar-refractivity contribution in [2.45, 2.75) is 25.8 Å². The molecule has 104 valence electrons. The van der Waals surface area contributed by atoms with Gasteiger partial charge in [0.1, 0.15) is 0 Å². The highest BCUT2D eigenvalue weighted by atomic mass is 35.5. The Morgan fingerprint density at radius 1 is 1.37 bits per heavy atom. The summed E-state index contributed by atoms with van der Waals surface area (Å²) in [6, 6.07) is 6.89. The zero-order valence-electron chi connectivity index (χ0n) is 11.0. The van der Waals surface area contributed by atoms with Crippen molar-refractivity contribution >= 4 is 29.1 Å². The maximum absolute atomic E-state index is 11.7. The molecule has 1 rings (SSSR count). The Kier molecular flexibility index (Phi) is 5.32. The van der Waals surface area contributed by atoms with E-state index < -0.39 is 11.4 Å². The van der Waals surface area contributed by atoms with Crippen molar-refractivity contribution in [3.63, 3.8) is 0 Å². The normalized spacial score (nSPS) is 11.1. The summed E-state index contributed by atoms with van der Waals surface area (Å²) in [6.07, 6.45) is 0.164. The van der Waals surface area contributed by atoms with Gasteiger partial charge in [-0.1, -0.05) is 17.7 Å². The van der Waals surface area contributed by atoms with Crippen LogP contribution in [0.2, 0.25) is 5.02 Å². The zero-order chi connectivity index (χ0) is 14.5. The molecule has 0 bridgehead atoms. The minimum Gasteiger partial charge on any atom is -0.370 e. The molecule has 0 aliphatic heterocycles. The van der Waals surface area contributed by atoms with E-state index in [2.05, 4.69) is 10.6 Å². The van der Waals surface area contributed by atoms with Crippen LogP contribution in [0.5, 0.6) is 0 Å². The molecule has 0 aliphatic carbocycles. The number of nitrogens with two attached hydrogens (primary N) is 1. The van der Waals surface area contributed by atoms with Gasteiger partial charge in [-0.3, -0.25) is 9.59 Å². The molecule has 1 aromatic rings. The lowest BCUT2D eigenvalue weighted by Gasteiger charge is -2.24. The quantitative estimate of drug-likeness (QED) is 0.740. The Labute approximate surface area is 117 Å². The third kappa shape index (κ3) is 6.22. The smallest absolute Gasteiger partial charge is 0.238 e. The van der Waals surface area contributed by atoms with Gasteiger partial charge in [0.05, 0.1) is 6.54 Å². The van der Waals surface area contributed by atoms with E-state index in [1.807, 2.05) is 13.8 Å². The van der Waals surface area contributed by atoms with Crippen LogP contribution >= 0.6 is 11.6 Å². The molecule has 0 aromatic heterocycles. The first-order valence-electron chi connectivity index (χ1n) is 5.87. The van der Waals surface area contributed by atoms with Gasteiger partial charge in [-0.25, -0.2) is 0 Å². The predicted octanol–water partition coefficient (Wildman–Crippen LogP) is 1.52. The number of benzene rings is 1. The fourth-order valence-corrected chi connectivity index (χ4v) is 1.78. The first-order chi connectivity index (χ1) is 8.78. The molecule has 0 saturated heterocycles. The van der Waals surface area contributed by atoms with E-state index in [0.717, 1.165) is 0 Å². The predicted molar refractivity (Wildman–Crippen MR) is 76.0 cm³/mol. The molecule has 0 heterocycles. The first kappa shape index (κ1) is 15.5. The van der Waals surface area contributed by atoms with Crippen molar-refractivity contribution in [2.75, 3.05) is 11.9 Å². The molecule has 0 unspecified atom stereocenters. The van der Waals surface area contributed by atoms with E-state index in [-0.39, 0.29) is 18.9 Å². The van der Waals surface area contributed by atoms with Gasteiger partial charge >= 0.3 is 0 Å². The third-order valence-corrected chi connectivity index (χ3v) is 2.69. The number of amides is 2. The van der Waals surface area contributed by atoms with Gasteiger partial charge in [0.2, 0.25) is 11.8 Å². The van der Waals surface area contributed by atoms with Crippen molar-refractivity contribution in [1.29, 1.82) is 0 Å². The van der Waals surface area contributed by atoms with Crippen LogP contribution in [0, 0.1) is 0 Å². The Bertz CT molecular complexity index is 475. The molecular formula is C13H18ClN3O2. The second kappa shape index (κ2) is 6.54. The van der Waals surface area contributed by atoms with Crippen LogP contribution in [-0.4, -0.2) is 23.9 Å². The topological polar surface area (TPSA) is 84.2 Å². The van der Waals surface area contributed by atoms with E-state index >= 15 is 0 Å². The number of nitrogens with one attached hydrogen (secondary N) is 2. The van der Waals surface area contributed by atoms with Gasteiger partial charge < -0.3 is 16.4 Å². The van der Waals surface area contributed by atoms with Crippen molar-refractivity contribution in [1.82, 2.24) is 5.32 Å². The third-order valence-electron chi connectivity index (χ3n) is 2.45. The van der Waals surface area contributed by atoms with E-state index in [9.17, 15) is 9.59 Å². The van der Waals surface area contributed by atoms with Crippen molar-refractivity contribution in [2.24, 2.45) is 5.73 Å². The van der Waals surface area contributed by atoms with Crippen molar-refractivity contribution in [3.05, 3.63) is 29.3 Å². The number of carbonyl (C=O) groups excluding carboxylic acids is 2. The maximum Gasteiger partial charge on any atom is 0.238 e. The fraction of sp³-hybridized carbons (Fsp3) is 0.385. The molecule has 2 amide bonds. The summed E-state index contributed by atoms with van der Waals surface area (Å²) in [7, 11) is 0. The summed E-state index contributed by atoms with van der Waals surface area (Å²) in [6.45, 7) is 3.71. The minimum atomic E-state index is -0.516. The molecule has 0 spiro atoms. The van der Waals surface area contributed by atoms with Crippen LogP contribution in [-0.2, 0) is 9.59 Å². The molecule has 1 aromatic carbocycles. The summed E-state index contributed by atoms with van der Waals surface area (Å²) < 4.78 is 0. The van der Waals surface area contributed by atoms with Crippen LogP contribution < -0.4 is 16.4 Å². The number of anilines is 1. The standard InChI is InChI=1S/C13H18ClN3O2/c1-13(2,7-11(15)18)16-8-12(19)17-10-5-3-4-9(14)6-10/h3-6,16H,7-8H2,1-2H3,(H2,15,18)(H,17,19). The molecule has 5 nitrogen and oxygen atoms in total. The lowest BCUT2D eigenvalue weighted by molar-refractivity contribution is -0.120. The van der Waals surface area contributed by atoms with Crippen LogP contribution in [0.25, 0.3) is 0 Å². The second-order valence-corrected chi connectivity index (χ2v) is 5.38. The Morgan fingerprint density at radius 3 is 2.63 bits per heavy atom. The van der Waals surface area contributed by atoms with Gasteiger partial charge in [0.15, 0.2) is 0 Å². The number of primary amides is 1. The average molecular weight is 284 g/mol. The largest absolute Gasteiger partial charge is 0.370 e. The van der Waals surface area contributed by atoms with E-state index in [1.54, 1.807) is 24.3 Å². The fourth-order valence-electron chi connectivity index (χ4n) is 1.59. The van der Waals surface area contributed by atoms with Crippen LogP contribution in [0.1, 0.15) is 20.3 Å². The second-order valence-electron chi connectivity index (χ2n) is 4.94. The summed E-state index contributed by atoms with van der Waals surface area (Å²) in [4.78, 5) is 22.6. The molecule has 0 atom stereocenters. The van der Waals surface area contributed by atoms with Gasteiger partial charge in [0, 0.05) is 22.7 Å². The molecule has 0 aliphatic rings. The Hall–Kier alpha value is -1.59. The molecule has 6 heteroatoms. The summed E-state index contributed by atoms with van der Waals surface area (Å²) in [5.74, 6) is -0.618. The van der Waals surface area contributed by atoms with E-state index in [1.165, 1.54) is 0 Å². The Morgan fingerprint density at radius 2 is 2.05 bits per heavy atom. The van der Waals surface area contributed by atoms with Crippen molar-refractivity contribution in [3.8, 4) is 0 Å². The highest BCUT2D eigenvalue weighted by molar-refractivity contribution is 6.30. The van der Waals surface area contributed by atoms with Crippen LogP contribution in [0.4, 0.5) is 5.69 Å². The first-order valence-corrected chi connectivity index (χ1v) is 6.25.